The number of pyridine rings is 2. The molecule has 0 saturated heterocycles. The van der Waals surface area contributed by atoms with Crippen LogP contribution in [0, 0.1) is 0 Å². The van der Waals surface area contributed by atoms with Gasteiger partial charge in [-0.05, 0) is 36.4 Å². The van der Waals surface area contributed by atoms with Crippen molar-refractivity contribution in [2.24, 2.45) is 10.2 Å². The Bertz CT molecular complexity index is 904. The summed E-state index contributed by atoms with van der Waals surface area (Å²) in [4.78, 5) is 32.0. The first-order valence-electron chi connectivity index (χ1n) is 8.29. The quantitative estimate of drug-likeness (QED) is 0.509. The number of hydrogen-bond acceptors (Lipinski definition) is 6. The molecule has 0 spiro atoms. The molecule has 3 aromatic rings. The van der Waals surface area contributed by atoms with Gasteiger partial charge in [0, 0.05) is 47.0 Å². The van der Waals surface area contributed by atoms with Gasteiger partial charge in [0.15, 0.2) is 0 Å². The summed E-state index contributed by atoms with van der Waals surface area (Å²) >= 11 is 0. The molecule has 0 atom stereocenters. The van der Waals surface area contributed by atoms with Gasteiger partial charge in [0.05, 0.1) is 12.4 Å². The molecule has 8 nitrogen and oxygen atoms in total. The molecular formula is C20H16N6O2. The van der Waals surface area contributed by atoms with Crippen molar-refractivity contribution < 1.29 is 9.59 Å². The van der Waals surface area contributed by atoms with Crippen molar-refractivity contribution in [2.75, 3.05) is 0 Å². The van der Waals surface area contributed by atoms with Crippen LogP contribution in [0.3, 0.4) is 0 Å². The van der Waals surface area contributed by atoms with Gasteiger partial charge in [0.2, 0.25) is 0 Å². The molecule has 3 rings (SSSR count). The third kappa shape index (κ3) is 5.40. The summed E-state index contributed by atoms with van der Waals surface area (Å²) in [5.74, 6) is -0.775. The molecule has 0 unspecified atom stereocenters. The fourth-order valence-electron chi connectivity index (χ4n) is 2.14. The van der Waals surface area contributed by atoms with Crippen LogP contribution in [0.1, 0.15) is 31.8 Å². The lowest BCUT2D eigenvalue weighted by Gasteiger charge is -2.02. The first-order chi connectivity index (χ1) is 13.7. The van der Waals surface area contributed by atoms with E-state index in [0.29, 0.717) is 11.1 Å². The fourth-order valence-corrected chi connectivity index (χ4v) is 2.14. The Morgan fingerprint density at radius 3 is 1.50 bits per heavy atom. The smallest absolute Gasteiger partial charge is 0.267 e. The molecule has 28 heavy (non-hydrogen) atoms. The van der Waals surface area contributed by atoms with E-state index in [4.69, 9.17) is 0 Å². The van der Waals surface area contributed by atoms with Crippen LogP contribution in [0.4, 0.5) is 0 Å². The Labute approximate surface area is 161 Å². The Hall–Kier alpha value is -4.20. The summed E-state index contributed by atoms with van der Waals surface area (Å²) in [6.07, 6.45) is 9.54. The second-order valence-corrected chi connectivity index (χ2v) is 5.55. The number of carbonyl (C=O) groups is 2. The van der Waals surface area contributed by atoms with Crippen LogP contribution in [0.5, 0.6) is 0 Å². The van der Waals surface area contributed by atoms with Crippen molar-refractivity contribution in [3.05, 3.63) is 95.6 Å². The number of rotatable bonds is 6. The van der Waals surface area contributed by atoms with E-state index in [1.807, 2.05) is 12.1 Å². The highest BCUT2D eigenvalue weighted by molar-refractivity contribution is 5.98. The number of hydrogen-bond donors (Lipinski definition) is 2. The Balaban J connectivity index is 1.53. The van der Waals surface area contributed by atoms with Crippen LogP contribution in [-0.2, 0) is 0 Å². The number of benzene rings is 1. The zero-order valence-corrected chi connectivity index (χ0v) is 14.7. The second kappa shape index (κ2) is 9.48. The topological polar surface area (TPSA) is 109 Å². The number of nitrogens with one attached hydrogen (secondary N) is 2. The van der Waals surface area contributed by atoms with Crippen molar-refractivity contribution >= 4 is 24.2 Å². The van der Waals surface area contributed by atoms with Gasteiger partial charge in [-0.15, -0.1) is 0 Å². The SMILES string of the molecule is O=C(N/N=C/c1cccnc1)c1ccc(C(=O)N/N=C/c2cccnc2)cc1. The number of amides is 2. The fraction of sp³-hybridized carbons (Fsp3) is 0. The van der Waals surface area contributed by atoms with Crippen molar-refractivity contribution in [3.63, 3.8) is 0 Å². The van der Waals surface area contributed by atoms with E-state index in [1.165, 1.54) is 36.7 Å². The molecule has 2 heterocycles. The summed E-state index contributed by atoms with van der Waals surface area (Å²) in [5, 5.41) is 7.75. The minimum atomic E-state index is -0.387. The van der Waals surface area contributed by atoms with Crippen molar-refractivity contribution in [1.29, 1.82) is 0 Å². The van der Waals surface area contributed by atoms with Gasteiger partial charge in [0.25, 0.3) is 11.8 Å². The van der Waals surface area contributed by atoms with Crippen LogP contribution < -0.4 is 10.9 Å². The summed E-state index contributed by atoms with van der Waals surface area (Å²) < 4.78 is 0. The summed E-state index contributed by atoms with van der Waals surface area (Å²) in [6.45, 7) is 0. The van der Waals surface area contributed by atoms with Gasteiger partial charge >= 0.3 is 0 Å². The lowest BCUT2D eigenvalue weighted by Crippen LogP contribution is -2.19. The highest BCUT2D eigenvalue weighted by Crippen LogP contribution is 2.05. The van der Waals surface area contributed by atoms with Crippen molar-refractivity contribution in [3.8, 4) is 0 Å². The van der Waals surface area contributed by atoms with Crippen LogP contribution in [0.25, 0.3) is 0 Å². The summed E-state index contributed by atoms with van der Waals surface area (Å²) in [6, 6.07) is 13.3. The summed E-state index contributed by atoms with van der Waals surface area (Å²) in [7, 11) is 0. The van der Waals surface area contributed by atoms with Gasteiger partial charge < -0.3 is 0 Å². The maximum atomic E-state index is 12.1. The van der Waals surface area contributed by atoms with Gasteiger partial charge in [-0.2, -0.15) is 10.2 Å². The Morgan fingerprint density at radius 2 is 1.14 bits per heavy atom. The first-order valence-corrected chi connectivity index (χ1v) is 8.29. The number of aromatic nitrogens is 2. The van der Waals surface area contributed by atoms with Crippen LogP contribution in [0.15, 0.2) is 83.5 Å². The molecule has 1 aromatic carbocycles. The molecule has 0 fully saturated rings. The molecule has 0 aliphatic carbocycles. The molecule has 2 N–H and O–H groups in total. The molecule has 0 saturated carbocycles. The zero-order chi connectivity index (χ0) is 19.6. The van der Waals surface area contributed by atoms with Crippen LogP contribution in [-0.4, -0.2) is 34.2 Å². The molecule has 0 aliphatic rings. The predicted molar refractivity (Wildman–Crippen MR) is 105 cm³/mol. The maximum Gasteiger partial charge on any atom is 0.271 e. The van der Waals surface area contributed by atoms with E-state index in [-0.39, 0.29) is 11.8 Å². The molecule has 2 aromatic heterocycles. The standard InChI is InChI=1S/C20H16N6O2/c27-19(25-23-13-15-3-1-9-21-11-15)17-5-7-18(8-6-17)20(28)26-24-14-16-4-2-10-22-12-16/h1-14H,(H,25,27)(H,26,28)/b23-13+,24-14+. The predicted octanol–water partition coefficient (Wildman–Crippen LogP) is 2.00. The molecule has 138 valence electrons. The van der Waals surface area contributed by atoms with Crippen LogP contribution >= 0.6 is 0 Å². The molecule has 0 bridgehead atoms. The Kier molecular flexibility index (Phi) is 6.30. The Morgan fingerprint density at radius 1 is 0.714 bits per heavy atom. The van der Waals surface area contributed by atoms with E-state index >= 15 is 0 Å². The largest absolute Gasteiger partial charge is 0.271 e. The third-order valence-electron chi connectivity index (χ3n) is 3.54. The molecule has 0 radical (unpaired) electrons. The van der Waals surface area contributed by atoms with E-state index in [1.54, 1.807) is 36.9 Å². The number of carbonyl (C=O) groups excluding carboxylic acids is 2. The molecule has 8 heteroatoms. The van der Waals surface area contributed by atoms with Gasteiger partial charge in [-0.3, -0.25) is 19.6 Å². The normalized spacial score (nSPS) is 10.9. The van der Waals surface area contributed by atoms with Gasteiger partial charge in [-0.1, -0.05) is 12.1 Å². The van der Waals surface area contributed by atoms with E-state index in [0.717, 1.165) is 11.1 Å². The number of nitrogens with zero attached hydrogens (tertiary/aromatic N) is 4. The average molecular weight is 372 g/mol. The summed E-state index contributed by atoms with van der Waals surface area (Å²) in [5.41, 5.74) is 7.12. The van der Waals surface area contributed by atoms with Crippen molar-refractivity contribution in [1.82, 2.24) is 20.8 Å². The minimum Gasteiger partial charge on any atom is -0.267 e. The second-order valence-electron chi connectivity index (χ2n) is 5.55. The highest BCUT2D eigenvalue weighted by atomic mass is 16.2. The molecular weight excluding hydrogens is 356 g/mol. The highest BCUT2D eigenvalue weighted by Gasteiger charge is 2.07. The van der Waals surface area contributed by atoms with Gasteiger partial charge in [-0.25, -0.2) is 10.9 Å². The molecule has 0 aliphatic heterocycles. The third-order valence-corrected chi connectivity index (χ3v) is 3.54. The van der Waals surface area contributed by atoms with Gasteiger partial charge in [0.1, 0.15) is 0 Å². The van der Waals surface area contributed by atoms with Crippen LogP contribution in [0.2, 0.25) is 0 Å². The molecule has 2 amide bonds. The van der Waals surface area contributed by atoms with Crippen molar-refractivity contribution in [2.45, 2.75) is 0 Å². The van der Waals surface area contributed by atoms with E-state index in [9.17, 15) is 9.59 Å². The van der Waals surface area contributed by atoms with E-state index in [2.05, 4.69) is 31.0 Å². The average Bonchev–Trinajstić information content (AvgIpc) is 2.75. The zero-order valence-electron chi connectivity index (χ0n) is 14.7. The van der Waals surface area contributed by atoms with E-state index < -0.39 is 0 Å². The minimum absolute atomic E-state index is 0.374. The lowest BCUT2D eigenvalue weighted by molar-refractivity contribution is 0.0943. The maximum absolute atomic E-state index is 12.1. The first kappa shape index (κ1) is 18.6. The number of hydrazone groups is 2. The monoisotopic (exact) mass is 372 g/mol. The lowest BCUT2D eigenvalue weighted by atomic mass is 10.1.